The van der Waals surface area contributed by atoms with E-state index in [9.17, 15) is 9.59 Å². The van der Waals surface area contributed by atoms with Crippen molar-refractivity contribution in [2.45, 2.75) is 71.5 Å². The minimum absolute atomic E-state index is 0.116. The van der Waals surface area contributed by atoms with Crippen LogP contribution in [0.5, 0.6) is 11.5 Å². The van der Waals surface area contributed by atoms with Crippen molar-refractivity contribution in [2.75, 3.05) is 13.7 Å². The van der Waals surface area contributed by atoms with Gasteiger partial charge >= 0.3 is 0 Å². The molecule has 0 spiro atoms. The number of methoxy groups -OCH3 is 1. The number of nitrogens with one attached hydrogen (secondary N) is 1. The van der Waals surface area contributed by atoms with E-state index in [2.05, 4.69) is 11.4 Å². The number of nitrogens with zero attached hydrogens (tertiary/aromatic N) is 1. The molecule has 6 heteroatoms. The molecule has 0 radical (unpaired) electrons. The number of benzene rings is 2. The SMILES string of the molecule is COc1ccc(CN(C(=O)COc2cc(C)cc(C)c2)[C@@H](C)C(=O)NC2CCCCC2)cc1. The molecule has 2 aromatic rings. The first-order valence-electron chi connectivity index (χ1n) is 11.8. The number of hydrogen-bond donors (Lipinski definition) is 1. The van der Waals surface area contributed by atoms with Crippen LogP contribution in [0.3, 0.4) is 0 Å². The fourth-order valence-electron chi connectivity index (χ4n) is 4.32. The molecule has 1 N–H and O–H groups in total. The zero-order valence-electron chi connectivity index (χ0n) is 20.2. The van der Waals surface area contributed by atoms with Gasteiger partial charge in [-0.05, 0) is 74.6 Å². The van der Waals surface area contributed by atoms with Crippen molar-refractivity contribution < 1.29 is 19.1 Å². The molecule has 2 amide bonds. The molecule has 1 fully saturated rings. The summed E-state index contributed by atoms with van der Waals surface area (Å²) >= 11 is 0. The normalized spacial score (nSPS) is 14.9. The molecule has 33 heavy (non-hydrogen) atoms. The van der Waals surface area contributed by atoms with Crippen LogP contribution in [0.15, 0.2) is 42.5 Å². The van der Waals surface area contributed by atoms with E-state index in [1.165, 1.54) is 6.42 Å². The Kier molecular flexibility index (Phi) is 8.75. The van der Waals surface area contributed by atoms with Crippen molar-refractivity contribution in [3.8, 4) is 11.5 Å². The summed E-state index contributed by atoms with van der Waals surface area (Å²) in [5.41, 5.74) is 3.08. The summed E-state index contributed by atoms with van der Waals surface area (Å²) in [6.45, 7) is 5.97. The molecule has 2 aromatic carbocycles. The number of ether oxygens (including phenoxy) is 2. The topological polar surface area (TPSA) is 67.9 Å². The molecular weight excluding hydrogens is 416 g/mol. The zero-order chi connectivity index (χ0) is 23.8. The Labute approximate surface area is 197 Å². The molecule has 0 bridgehead atoms. The molecule has 1 saturated carbocycles. The van der Waals surface area contributed by atoms with Crippen molar-refractivity contribution in [1.29, 1.82) is 0 Å². The fourth-order valence-corrected chi connectivity index (χ4v) is 4.32. The lowest BCUT2D eigenvalue weighted by molar-refractivity contribution is -0.142. The molecule has 1 atom stereocenters. The Bertz CT molecular complexity index is 915. The maximum Gasteiger partial charge on any atom is 0.261 e. The van der Waals surface area contributed by atoms with Crippen LogP contribution in [-0.4, -0.2) is 42.5 Å². The highest BCUT2D eigenvalue weighted by molar-refractivity contribution is 5.88. The monoisotopic (exact) mass is 452 g/mol. The average Bonchev–Trinajstić information content (AvgIpc) is 2.81. The van der Waals surface area contributed by atoms with Crippen molar-refractivity contribution in [3.05, 3.63) is 59.2 Å². The Morgan fingerprint density at radius 2 is 1.64 bits per heavy atom. The van der Waals surface area contributed by atoms with Crippen molar-refractivity contribution in [3.63, 3.8) is 0 Å². The van der Waals surface area contributed by atoms with Gasteiger partial charge in [0.1, 0.15) is 17.5 Å². The Morgan fingerprint density at radius 3 is 2.24 bits per heavy atom. The lowest BCUT2D eigenvalue weighted by Gasteiger charge is -2.31. The highest BCUT2D eigenvalue weighted by Gasteiger charge is 2.28. The van der Waals surface area contributed by atoms with Gasteiger partial charge in [0.25, 0.3) is 5.91 Å². The molecule has 0 aliphatic heterocycles. The van der Waals surface area contributed by atoms with Crippen molar-refractivity contribution >= 4 is 11.8 Å². The molecular formula is C27H36N2O4. The minimum Gasteiger partial charge on any atom is -0.497 e. The standard InChI is InChI=1S/C27H36N2O4/c1-19-14-20(2)16-25(15-19)33-18-26(30)29(17-22-10-12-24(32-4)13-11-22)21(3)27(31)28-23-8-6-5-7-9-23/h10-16,21,23H,5-9,17-18H2,1-4H3,(H,28,31)/t21-/m0/s1. The van der Waals surface area contributed by atoms with Crippen molar-refractivity contribution in [1.82, 2.24) is 10.2 Å². The third kappa shape index (κ3) is 7.24. The van der Waals surface area contributed by atoms with Crippen LogP contribution in [0.1, 0.15) is 55.7 Å². The summed E-state index contributed by atoms with van der Waals surface area (Å²) < 4.78 is 11.1. The second-order valence-electron chi connectivity index (χ2n) is 9.00. The third-order valence-corrected chi connectivity index (χ3v) is 6.19. The van der Waals surface area contributed by atoms with Gasteiger partial charge in [-0.15, -0.1) is 0 Å². The fraction of sp³-hybridized carbons (Fsp3) is 0.481. The molecule has 0 aromatic heterocycles. The average molecular weight is 453 g/mol. The van der Waals surface area contributed by atoms with Crippen LogP contribution >= 0.6 is 0 Å². The molecule has 1 aliphatic carbocycles. The lowest BCUT2D eigenvalue weighted by Crippen LogP contribution is -2.51. The Morgan fingerprint density at radius 1 is 1.00 bits per heavy atom. The number of aryl methyl sites for hydroxylation is 2. The molecule has 0 saturated heterocycles. The van der Waals surface area contributed by atoms with E-state index in [1.807, 2.05) is 50.2 Å². The number of carbonyl (C=O) groups is 2. The van der Waals surface area contributed by atoms with Crippen LogP contribution in [-0.2, 0) is 16.1 Å². The lowest BCUT2D eigenvalue weighted by atomic mass is 9.95. The zero-order valence-corrected chi connectivity index (χ0v) is 20.2. The van der Waals surface area contributed by atoms with Crippen LogP contribution < -0.4 is 14.8 Å². The molecule has 1 aliphatic rings. The number of amides is 2. The first-order chi connectivity index (χ1) is 15.9. The second kappa shape index (κ2) is 11.7. The van der Waals surface area contributed by atoms with Crippen LogP contribution in [0.2, 0.25) is 0 Å². The van der Waals surface area contributed by atoms with E-state index in [4.69, 9.17) is 9.47 Å². The first kappa shape index (κ1) is 24.6. The van der Waals surface area contributed by atoms with E-state index >= 15 is 0 Å². The van der Waals surface area contributed by atoms with E-state index < -0.39 is 6.04 Å². The maximum absolute atomic E-state index is 13.2. The van der Waals surface area contributed by atoms with E-state index in [0.29, 0.717) is 12.3 Å². The van der Waals surface area contributed by atoms with Gasteiger partial charge in [0.05, 0.1) is 7.11 Å². The van der Waals surface area contributed by atoms with Crippen LogP contribution in [0, 0.1) is 13.8 Å². The molecule has 0 unspecified atom stereocenters. The van der Waals surface area contributed by atoms with Gasteiger partial charge in [0.2, 0.25) is 5.91 Å². The smallest absolute Gasteiger partial charge is 0.261 e. The molecule has 178 valence electrons. The summed E-state index contributed by atoms with van der Waals surface area (Å²) in [5, 5.41) is 3.15. The predicted octanol–water partition coefficient (Wildman–Crippen LogP) is 4.56. The van der Waals surface area contributed by atoms with E-state index in [1.54, 1.807) is 18.9 Å². The molecule has 6 nitrogen and oxygen atoms in total. The van der Waals surface area contributed by atoms with Crippen LogP contribution in [0.25, 0.3) is 0 Å². The Balaban J connectivity index is 1.72. The molecule has 0 heterocycles. The summed E-state index contributed by atoms with van der Waals surface area (Å²) in [5.74, 6) is 1.06. The summed E-state index contributed by atoms with van der Waals surface area (Å²) in [6.07, 6.45) is 5.50. The first-order valence-corrected chi connectivity index (χ1v) is 11.8. The minimum atomic E-state index is -0.607. The quantitative estimate of drug-likeness (QED) is 0.606. The van der Waals surface area contributed by atoms with Gasteiger partial charge in [-0.2, -0.15) is 0 Å². The summed E-state index contributed by atoms with van der Waals surface area (Å²) in [4.78, 5) is 27.9. The second-order valence-corrected chi connectivity index (χ2v) is 9.00. The van der Waals surface area contributed by atoms with Crippen LogP contribution in [0.4, 0.5) is 0 Å². The highest BCUT2D eigenvalue weighted by atomic mass is 16.5. The number of hydrogen-bond acceptors (Lipinski definition) is 4. The van der Waals surface area contributed by atoms with Gasteiger partial charge < -0.3 is 19.7 Å². The summed E-state index contributed by atoms with van der Waals surface area (Å²) in [7, 11) is 1.62. The predicted molar refractivity (Wildman–Crippen MR) is 129 cm³/mol. The number of carbonyl (C=O) groups excluding carboxylic acids is 2. The Hall–Kier alpha value is -3.02. The van der Waals surface area contributed by atoms with Gasteiger partial charge in [-0.3, -0.25) is 9.59 Å². The van der Waals surface area contributed by atoms with E-state index in [0.717, 1.165) is 48.1 Å². The largest absolute Gasteiger partial charge is 0.497 e. The van der Waals surface area contributed by atoms with E-state index in [-0.39, 0.29) is 24.5 Å². The molecule has 3 rings (SSSR count). The van der Waals surface area contributed by atoms with Crippen molar-refractivity contribution in [2.24, 2.45) is 0 Å². The van der Waals surface area contributed by atoms with Gasteiger partial charge in [-0.1, -0.05) is 37.5 Å². The highest BCUT2D eigenvalue weighted by Crippen LogP contribution is 2.20. The van der Waals surface area contributed by atoms with Gasteiger partial charge in [0.15, 0.2) is 6.61 Å². The number of rotatable bonds is 9. The maximum atomic E-state index is 13.2. The van der Waals surface area contributed by atoms with Gasteiger partial charge in [-0.25, -0.2) is 0 Å². The third-order valence-electron chi connectivity index (χ3n) is 6.19. The summed E-state index contributed by atoms with van der Waals surface area (Å²) in [6, 6.07) is 13.0. The van der Waals surface area contributed by atoms with Gasteiger partial charge in [0, 0.05) is 12.6 Å².